The van der Waals surface area contributed by atoms with Crippen LogP contribution in [0.4, 0.5) is 11.4 Å². The third-order valence-corrected chi connectivity index (χ3v) is 4.20. The van der Waals surface area contributed by atoms with E-state index in [2.05, 4.69) is 36.6 Å². The van der Waals surface area contributed by atoms with E-state index in [1.165, 1.54) is 5.56 Å². The Morgan fingerprint density at radius 3 is 2.48 bits per heavy atom. The molecule has 2 aromatic rings. The van der Waals surface area contributed by atoms with Gasteiger partial charge in [0.1, 0.15) is 5.75 Å². The van der Waals surface area contributed by atoms with Crippen LogP contribution in [-0.2, 0) is 0 Å². The first-order valence-corrected chi connectivity index (χ1v) is 8.33. The third-order valence-electron chi connectivity index (χ3n) is 3.76. The van der Waals surface area contributed by atoms with E-state index in [1.807, 2.05) is 12.1 Å². The van der Waals surface area contributed by atoms with Gasteiger partial charge in [0, 0.05) is 10.7 Å². The molecule has 1 unspecified atom stereocenters. The summed E-state index contributed by atoms with van der Waals surface area (Å²) < 4.78 is 5.30. The molecule has 0 amide bonds. The quantitative estimate of drug-likeness (QED) is 0.682. The third kappa shape index (κ3) is 4.85. The molecule has 0 saturated carbocycles. The van der Waals surface area contributed by atoms with Crippen LogP contribution in [0.25, 0.3) is 0 Å². The minimum atomic E-state index is 0.488. The van der Waals surface area contributed by atoms with Crippen molar-refractivity contribution in [2.75, 3.05) is 17.7 Å². The number of rotatable bonds is 5. The van der Waals surface area contributed by atoms with E-state index >= 15 is 0 Å². The van der Waals surface area contributed by atoms with Crippen LogP contribution >= 0.6 is 23.8 Å². The lowest BCUT2D eigenvalue weighted by Crippen LogP contribution is -2.19. The lowest BCUT2D eigenvalue weighted by molar-refractivity contribution is 0.417. The van der Waals surface area contributed by atoms with Crippen molar-refractivity contribution in [3.8, 4) is 5.75 Å². The summed E-state index contributed by atoms with van der Waals surface area (Å²) in [6.45, 7) is 4.41. The van der Waals surface area contributed by atoms with Gasteiger partial charge >= 0.3 is 0 Å². The predicted octanol–water partition coefficient (Wildman–Crippen LogP) is 5.67. The van der Waals surface area contributed by atoms with Gasteiger partial charge in [-0.2, -0.15) is 0 Å². The number of halogens is 1. The van der Waals surface area contributed by atoms with Crippen molar-refractivity contribution in [2.45, 2.75) is 26.2 Å². The van der Waals surface area contributed by atoms with Gasteiger partial charge in [-0.15, -0.1) is 0 Å². The summed E-state index contributed by atoms with van der Waals surface area (Å²) in [5.41, 5.74) is 3.00. The molecule has 0 aliphatic heterocycles. The predicted molar refractivity (Wildman–Crippen MR) is 103 cm³/mol. The summed E-state index contributed by atoms with van der Waals surface area (Å²) >= 11 is 11.4. The van der Waals surface area contributed by atoms with Crippen molar-refractivity contribution in [1.82, 2.24) is 0 Å². The molecule has 0 bridgehead atoms. The van der Waals surface area contributed by atoms with Gasteiger partial charge in [0.05, 0.1) is 12.8 Å². The van der Waals surface area contributed by atoms with E-state index in [0.717, 1.165) is 17.8 Å². The molecule has 5 heteroatoms. The Bertz CT molecular complexity index is 673. The second-order valence-corrected chi connectivity index (χ2v) is 6.20. The Morgan fingerprint density at radius 2 is 1.87 bits per heavy atom. The fraction of sp³-hybridized carbons (Fsp3) is 0.278. The number of hydrogen-bond donors (Lipinski definition) is 2. The van der Waals surface area contributed by atoms with Crippen molar-refractivity contribution in [3.63, 3.8) is 0 Å². The first kappa shape index (κ1) is 17.6. The van der Waals surface area contributed by atoms with Gasteiger partial charge in [0.2, 0.25) is 0 Å². The highest BCUT2D eigenvalue weighted by molar-refractivity contribution is 7.80. The van der Waals surface area contributed by atoms with Crippen molar-refractivity contribution in [3.05, 3.63) is 53.1 Å². The highest BCUT2D eigenvalue weighted by Crippen LogP contribution is 2.28. The van der Waals surface area contributed by atoms with Gasteiger partial charge in [-0.25, -0.2) is 0 Å². The lowest BCUT2D eigenvalue weighted by Gasteiger charge is -2.14. The first-order valence-electron chi connectivity index (χ1n) is 7.55. The molecule has 0 saturated heterocycles. The summed E-state index contributed by atoms with van der Waals surface area (Å²) in [4.78, 5) is 0. The van der Waals surface area contributed by atoms with E-state index in [1.54, 1.807) is 25.3 Å². The zero-order valence-electron chi connectivity index (χ0n) is 13.5. The minimum Gasteiger partial charge on any atom is -0.495 e. The molecule has 0 radical (unpaired) electrons. The zero-order chi connectivity index (χ0) is 16.8. The van der Waals surface area contributed by atoms with Crippen LogP contribution in [0, 0.1) is 0 Å². The fourth-order valence-electron chi connectivity index (χ4n) is 2.19. The second kappa shape index (κ2) is 8.18. The number of benzene rings is 2. The number of methoxy groups -OCH3 is 1. The van der Waals surface area contributed by atoms with Gasteiger partial charge in [0.15, 0.2) is 5.11 Å². The molecule has 0 aliphatic rings. The summed E-state index contributed by atoms with van der Waals surface area (Å²) in [7, 11) is 1.61. The molecule has 0 aromatic heterocycles. The second-order valence-electron chi connectivity index (χ2n) is 5.36. The summed E-state index contributed by atoms with van der Waals surface area (Å²) in [6, 6.07) is 13.7. The van der Waals surface area contributed by atoms with E-state index in [9.17, 15) is 0 Å². The van der Waals surface area contributed by atoms with Crippen LogP contribution in [0.1, 0.15) is 31.7 Å². The molecular formula is C18H21ClN2OS. The van der Waals surface area contributed by atoms with E-state index in [0.29, 0.717) is 21.8 Å². The largest absolute Gasteiger partial charge is 0.495 e. The summed E-state index contributed by atoms with van der Waals surface area (Å²) in [5, 5.41) is 7.38. The first-order chi connectivity index (χ1) is 11.0. The minimum absolute atomic E-state index is 0.488. The van der Waals surface area contributed by atoms with Crippen molar-refractivity contribution in [1.29, 1.82) is 0 Å². The average Bonchev–Trinajstić information content (AvgIpc) is 2.55. The van der Waals surface area contributed by atoms with Crippen molar-refractivity contribution in [2.24, 2.45) is 0 Å². The fourth-order valence-corrected chi connectivity index (χ4v) is 2.59. The standard InChI is InChI=1S/C18H21ClN2OS/c1-4-12(2)13-5-8-15(9-6-13)20-18(23)21-16-11-14(19)7-10-17(16)22-3/h5-12H,4H2,1-3H3,(H2,20,21,23). The van der Waals surface area contributed by atoms with Gasteiger partial charge < -0.3 is 15.4 Å². The molecule has 2 N–H and O–H groups in total. The van der Waals surface area contributed by atoms with Crippen LogP contribution in [0.2, 0.25) is 5.02 Å². The molecule has 3 nitrogen and oxygen atoms in total. The molecule has 0 spiro atoms. The maximum absolute atomic E-state index is 6.02. The SMILES string of the molecule is CCC(C)c1ccc(NC(=S)Nc2cc(Cl)ccc2OC)cc1. The smallest absolute Gasteiger partial charge is 0.175 e. The van der Waals surface area contributed by atoms with Crippen molar-refractivity contribution < 1.29 is 4.74 Å². The Morgan fingerprint density at radius 1 is 1.17 bits per heavy atom. The highest BCUT2D eigenvalue weighted by Gasteiger charge is 2.07. The van der Waals surface area contributed by atoms with E-state index in [4.69, 9.17) is 28.6 Å². The molecule has 1 atom stereocenters. The Hall–Kier alpha value is -1.78. The average molecular weight is 349 g/mol. The molecule has 2 rings (SSSR count). The molecule has 0 fully saturated rings. The van der Waals surface area contributed by atoms with Crippen molar-refractivity contribution >= 4 is 40.3 Å². The Labute approximate surface area is 148 Å². The lowest BCUT2D eigenvalue weighted by atomic mass is 9.99. The number of nitrogens with one attached hydrogen (secondary N) is 2. The van der Waals surface area contributed by atoms with E-state index < -0.39 is 0 Å². The molecule has 2 aromatic carbocycles. The molecule has 0 heterocycles. The molecular weight excluding hydrogens is 328 g/mol. The van der Waals surface area contributed by atoms with Crippen LogP contribution in [0.5, 0.6) is 5.75 Å². The van der Waals surface area contributed by atoms with Gasteiger partial charge in [0.25, 0.3) is 0 Å². The monoisotopic (exact) mass is 348 g/mol. The topological polar surface area (TPSA) is 33.3 Å². The van der Waals surface area contributed by atoms with Crippen LogP contribution in [-0.4, -0.2) is 12.2 Å². The van der Waals surface area contributed by atoms with Gasteiger partial charge in [-0.3, -0.25) is 0 Å². The highest BCUT2D eigenvalue weighted by atomic mass is 35.5. The van der Waals surface area contributed by atoms with Crippen LogP contribution in [0.3, 0.4) is 0 Å². The maximum Gasteiger partial charge on any atom is 0.175 e. The number of hydrogen-bond acceptors (Lipinski definition) is 2. The molecule has 23 heavy (non-hydrogen) atoms. The Balaban J connectivity index is 2.04. The number of thiocarbonyl (C=S) groups is 1. The normalized spacial score (nSPS) is 11.7. The van der Waals surface area contributed by atoms with E-state index in [-0.39, 0.29) is 0 Å². The zero-order valence-corrected chi connectivity index (χ0v) is 15.1. The summed E-state index contributed by atoms with van der Waals surface area (Å²) in [5.74, 6) is 1.25. The van der Waals surface area contributed by atoms with Crippen LogP contribution in [0.15, 0.2) is 42.5 Å². The van der Waals surface area contributed by atoms with Crippen LogP contribution < -0.4 is 15.4 Å². The number of ether oxygens (including phenoxy) is 1. The molecule has 122 valence electrons. The number of anilines is 2. The summed E-state index contributed by atoms with van der Waals surface area (Å²) in [6.07, 6.45) is 1.13. The van der Waals surface area contributed by atoms with Gasteiger partial charge in [-0.05, 0) is 60.5 Å². The Kier molecular flexibility index (Phi) is 6.25. The maximum atomic E-state index is 6.02. The molecule has 0 aliphatic carbocycles. The van der Waals surface area contributed by atoms with Gasteiger partial charge in [-0.1, -0.05) is 37.6 Å².